The van der Waals surface area contributed by atoms with Gasteiger partial charge in [-0.1, -0.05) is 38.1 Å². The lowest BCUT2D eigenvalue weighted by Crippen LogP contribution is -2.33. The summed E-state index contributed by atoms with van der Waals surface area (Å²) in [5.74, 6) is -0.621. The van der Waals surface area contributed by atoms with Gasteiger partial charge in [-0.3, -0.25) is 9.59 Å². The van der Waals surface area contributed by atoms with Crippen molar-refractivity contribution in [2.45, 2.75) is 26.3 Å². The molecule has 7 nitrogen and oxygen atoms in total. The van der Waals surface area contributed by atoms with E-state index in [1.807, 2.05) is 0 Å². The third-order valence-electron chi connectivity index (χ3n) is 6.29. The van der Waals surface area contributed by atoms with Crippen molar-refractivity contribution in [1.82, 2.24) is 9.80 Å². The van der Waals surface area contributed by atoms with Crippen LogP contribution >= 0.6 is 0 Å². The monoisotopic (exact) mass is 448 g/mol. The molecule has 0 saturated heterocycles. The van der Waals surface area contributed by atoms with Crippen molar-refractivity contribution in [3.63, 3.8) is 0 Å². The number of amides is 1. The van der Waals surface area contributed by atoms with Gasteiger partial charge in [-0.15, -0.1) is 0 Å². The average Bonchev–Trinajstić information content (AvgIpc) is 3.13. The summed E-state index contributed by atoms with van der Waals surface area (Å²) >= 11 is 0. The number of benzene rings is 2. The van der Waals surface area contributed by atoms with E-state index in [-0.39, 0.29) is 17.1 Å². The Labute approximate surface area is 192 Å². The largest absolute Gasteiger partial charge is 0.465 e. The van der Waals surface area contributed by atoms with Crippen molar-refractivity contribution in [3.05, 3.63) is 81.2 Å². The van der Waals surface area contributed by atoms with Gasteiger partial charge in [0.15, 0.2) is 5.43 Å². The summed E-state index contributed by atoms with van der Waals surface area (Å²) in [5.41, 5.74) is 1.71. The zero-order valence-electron chi connectivity index (χ0n) is 19.2. The highest BCUT2D eigenvalue weighted by atomic mass is 16.5. The predicted molar refractivity (Wildman–Crippen MR) is 126 cm³/mol. The van der Waals surface area contributed by atoms with Crippen molar-refractivity contribution >= 4 is 22.8 Å². The molecule has 4 rings (SSSR count). The molecule has 0 N–H and O–H groups in total. The third kappa shape index (κ3) is 4.16. The molecule has 0 aliphatic carbocycles. The summed E-state index contributed by atoms with van der Waals surface area (Å²) in [6.45, 7) is 7.44. The second kappa shape index (κ2) is 9.58. The summed E-state index contributed by atoms with van der Waals surface area (Å²) in [5, 5.41) is 0.449. The minimum Gasteiger partial charge on any atom is -0.465 e. The van der Waals surface area contributed by atoms with Crippen LogP contribution in [0.3, 0.4) is 0 Å². The Bertz CT molecular complexity index is 1230. The van der Waals surface area contributed by atoms with Gasteiger partial charge < -0.3 is 19.0 Å². The van der Waals surface area contributed by atoms with E-state index in [0.29, 0.717) is 28.6 Å². The lowest BCUT2D eigenvalue weighted by atomic mass is 9.97. The number of esters is 1. The molecule has 0 bridgehead atoms. The van der Waals surface area contributed by atoms with Gasteiger partial charge in [0.05, 0.1) is 29.7 Å². The zero-order valence-corrected chi connectivity index (χ0v) is 19.2. The SMILES string of the molecule is CCN(CC)CCCN1C(=O)c2oc3ccccc3c(=O)c2[C@@H]1c1ccc(C(=O)OC)cc1. The van der Waals surface area contributed by atoms with Gasteiger partial charge in [0, 0.05) is 6.54 Å². The van der Waals surface area contributed by atoms with Gasteiger partial charge >= 0.3 is 5.97 Å². The van der Waals surface area contributed by atoms with E-state index in [1.54, 1.807) is 53.4 Å². The molecule has 172 valence electrons. The number of methoxy groups -OCH3 is 1. The number of hydrogen-bond acceptors (Lipinski definition) is 6. The van der Waals surface area contributed by atoms with E-state index < -0.39 is 12.0 Å². The van der Waals surface area contributed by atoms with Gasteiger partial charge in [-0.25, -0.2) is 4.79 Å². The lowest BCUT2D eigenvalue weighted by Gasteiger charge is -2.26. The van der Waals surface area contributed by atoms with Gasteiger partial charge in [-0.05, 0) is 55.9 Å². The topological polar surface area (TPSA) is 80.1 Å². The number of para-hydroxylation sites is 1. The number of nitrogens with zero attached hydrogens (tertiary/aromatic N) is 2. The molecule has 2 aromatic carbocycles. The highest BCUT2D eigenvalue weighted by molar-refractivity contribution is 5.99. The van der Waals surface area contributed by atoms with Crippen LogP contribution < -0.4 is 5.43 Å². The van der Waals surface area contributed by atoms with E-state index in [2.05, 4.69) is 18.7 Å². The molecule has 1 aliphatic rings. The van der Waals surface area contributed by atoms with Gasteiger partial charge in [-0.2, -0.15) is 0 Å². The van der Waals surface area contributed by atoms with Crippen LogP contribution in [0.2, 0.25) is 0 Å². The molecule has 1 aliphatic heterocycles. The molecule has 0 radical (unpaired) electrons. The van der Waals surface area contributed by atoms with Crippen molar-refractivity contribution in [2.75, 3.05) is 33.3 Å². The maximum Gasteiger partial charge on any atom is 0.337 e. The van der Waals surface area contributed by atoms with Crippen LogP contribution in [-0.2, 0) is 4.74 Å². The molecule has 33 heavy (non-hydrogen) atoms. The summed E-state index contributed by atoms with van der Waals surface area (Å²) in [6.07, 6.45) is 0.770. The van der Waals surface area contributed by atoms with Crippen LogP contribution in [0.5, 0.6) is 0 Å². The Morgan fingerprint density at radius 1 is 1.06 bits per heavy atom. The second-order valence-corrected chi connectivity index (χ2v) is 8.07. The molecule has 0 fully saturated rings. The van der Waals surface area contributed by atoms with E-state index in [9.17, 15) is 14.4 Å². The van der Waals surface area contributed by atoms with Gasteiger partial charge in [0.1, 0.15) is 5.58 Å². The Hall–Kier alpha value is -3.45. The zero-order chi connectivity index (χ0) is 23.5. The van der Waals surface area contributed by atoms with Crippen LogP contribution in [0.15, 0.2) is 57.7 Å². The molecule has 0 saturated carbocycles. The highest BCUT2D eigenvalue weighted by Crippen LogP contribution is 2.38. The number of rotatable bonds is 8. The molecule has 0 spiro atoms. The van der Waals surface area contributed by atoms with Crippen LogP contribution in [0.4, 0.5) is 0 Å². The standard InChI is InChI=1S/C26H28N2O5/c1-4-27(5-2)15-8-16-28-22(17-11-13-18(14-12-17)26(31)32-3)21-23(29)19-9-6-7-10-20(19)33-24(21)25(28)30/h6-7,9-14,22H,4-5,8,15-16H2,1-3H3/t22-/m0/s1. The summed E-state index contributed by atoms with van der Waals surface area (Å²) < 4.78 is 10.7. The molecule has 1 amide bonds. The molecular formula is C26H28N2O5. The second-order valence-electron chi connectivity index (χ2n) is 8.07. The van der Waals surface area contributed by atoms with Crippen molar-refractivity contribution in [1.29, 1.82) is 0 Å². The van der Waals surface area contributed by atoms with E-state index in [1.165, 1.54) is 7.11 Å². The van der Waals surface area contributed by atoms with Crippen molar-refractivity contribution < 1.29 is 18.7 Å². The molecule has 1 atom stereocenters. The Morgan fingerprint density at radius 2 is 1.76 bits per heavy atom. The van der Waals surface area contributed by atoms with Crippen LogP contribution in [0, 0.1) is 0 Å². The van der Waals surface area contributed by atoms with Crippen molar-refractivity contribution in [3.8, 4) is 0 Å². The smallest absolute Gasteiger partial charge is 0.337 e. The molecule has 2 heterocycles. The van der Waals surface area contributed by atoms with E-state index >= 15 is 0 Å². The minimum atomic E-state index is -0.572. The Kier molecular flexibility index (Phi) is 6.60. The van der Waals surface area contributed by atoms with Gasteiger partial charge in [0.25, 0.3) is 5.91 Å². The van der Waals surface area contributed by atoms with E-state index in [0.717, 1.165) is 31.6 Å². The number of fused-ring (bicyclic) bond motifs is 2. The average molecular weight is 449 g/mol. The molecular weight excluding hydrogens is 420 g/mol. The molecule has 3 aromatic rings. The number of ether oxygens (including phenoxy) is 1. The minimum absolute atomic E-state index is 0.101. The number of carbonyl (C=O) groups is 2. The molecule has 7 heteroatoms. The van der Waals surface area contributed by atoms with Crippen LogP contribution in [0.25, 0.3) is 11.0 Å². The van der Waals surface area contributed by atoms with Crippen molar-refractivity contribution in [2.24, 2.45) is 0 Å². The molecule has 1 aromatic heterocycles. The first-order valence-corrected chi connectivity index (χ1v) is 11.3. The van der Waals surface area contributed by atoms with Crippen LogP contribution in [0.1, 0.15) is 58.3 Å². The maximum absolute atomic E-state index is 13.5. The third-order valence-corrected chi connectivity index (χ3v) is 6.29. The fraction of sp³-hybridized carbons (Fsp3) is 0.346. The number of carbonyl (C=O) groups excluding carboxylic acids is 2. The normalized spacial score (nSPS) is 15.3. The highest BCUT2D eigenvalue weighted by Gasteiger charge is 2.42. The first kappa shape index (κ1) is 22.7. The van der Waals surface area contributed by atoms with Gasteiger partial charge in [0.2, 0.25) is 5.76 Å². The first-order valence-electron chi connectivity index (χ1n) is 11.3. The fourth-order valence-electron chi connectivity index (χ4n) is 4.47. The predicted octanol–water partition coefficient (Wildman–Crippen LogP) is 3.86. The summed E-state index contributed by atoms with van der Waals surface area (Å²) in [4.78, 5) is 42.8. The lowest BCUT2D eigenvalue weighted by molar-refractivity contribution is 0.0599. The Balaban J connectivity index is 1.77. The quantitative estimate of drug-likeness (QED) is 0.487. The molecule has 0 unspecified atom stereocenters. The summed E-state index contributed by atoms with van der Waals surface area (Å²) in [7, 11) is 1.33. The first-order chi connectivity index (χ1) is 16.0. The summed E-state index contributed by atoms with van der Waals surface area (Å²) in [6, 6.07) is 13.3. The Morgan fingerprint density at radius 3 is 2.42 bits per heavy atom. The number of hydrogen-bond donors (Lipinski definition) is 0. The van der Waals surface area contributed by atoms with Crippen LogP contribution in [-0.4, -0.2) is 55.0 Å². The van der Waals surface area contributed by atoms with E-state index in [4.69, 9.17) is 9.15 Å². The fourth-order valence-corrected chi connectivity index (χ4v) is 4.47. The maximum atomic E-state index is 13.5.